The molecule has 1 heterocycles. The van der Waals surface area contributed by atoms with E-state index in [4.69, 9.17) is 5.11 Å². The van der Waals surface area contributed by atoms with Crippen LogP contribution >= 0.6 is 0 Å². The molecule has 0 spiro atoms. The molecular formula is C6H6FNO2. The van der Waals surface area contributed by atoms with Crippen molar-refractivity contribution in [3.05, 3.63) is 24.4 Å². The molecule has 1 aliphatic rings. The van der Waals surface area contributed by atoms with Crippen LogP contribution in [0.5, 0.6) is 0 Å². The lowest BCUT2D eigenvalue weighted by molar-refractivity contribution is -0.148. The molecule has 0 fully saturated rings. The summed E-state index contributed by atoms with van der Waals surface area (Å²) < 4.78 is 12.8. The van der Waals surface area contributed by atoms with Gasteiger partial charge in [-0.1, -0.05) is 6.08 Å². The van der Waals surface area contributed by atoms with Crippen molar-refractivity contribution in [2.24, 2.45) is 0 Å². The Morgan fingerprint density at radius 2 is 2.30 bits per heavy atom. The van der Waals surface area contributed by atoms with E-state index in [2.05, 4.69) is 5.32 Å². The number of hydrogen-bond donors (Lipinski definition) is 2. The van der Waals surface area contributed by atoms with Crippen LogP contribution in [-0.4, -0.2) is 16.9 Å². The third kappa shape index (κ3) is 1.00. The molecule has 1 atom stereocenters. The fourth-order valence-corrected chi connectivity index (χ4v) is 0.594. The zero-order valence-corrected chi connectivity index (χ0v) is 5.04. The molecule has 0 amide bonds. The average molecular weight is 143 g/mol. The van der Waals surface area contributed by atoms with Gasteiger partial charge in [0.15, 0.2) is 0 Å². The molecule has 1 aliphatic heterocycles. The van der Waals surface area contributed by atoms with E-state index in [0.29, 0.717) is 0 Å². The molecule has 0 bridgehead atoms. The van der Waals surface area contributed by atoms with E-state index in [1.54, 1.807) is 0 Å². The molecule has 4 heteroatoms. The summed E-state index contributed by atoms with van der Waals surface area (Å²) in [6.45, 7) is 0. The van der Waals surface area contributed by atoms with Crippen LogP contribution in [0.1, 0.15) is 0 Å². The molecule has 0 aromatic rings. The summed E-state index contributed by atoms with van der Waals surface area (Å²) in [6, 6.07) is 0. The minimum atomic E-state index is -2.42. The first kappa shape index (κ1) is 6.80. The Kier molecular flexibility index (Phi) is 1.45. The van der Waals surface area contributed by atoms with E-state index in [1.807, 2.05) is 0 Å². The first-order valence-corrected chi connectivity index (χ1v) is 2.69. The van der Waals surface area contributed by atoms with Gasteiger partial charge in [-0.3, -0.25) is 0 Å². The lowest BCUT2D eigenvalue weighted by atomic mass is 10.2. The standard InChI is InChI=1S/C6H6FNO2/c7-6(5(9)10)3-1-2-4-8-6/h1-4,8H,(H,9,10). The maximum absolute atomic E-state index is 12.8. The molecule has 0 aliphatic carbocycles. The van der Waals surface area contributed by atoms with E-state index >= 15 is 0 Å². The maximum atomic E-state index is 12.8. The van der Waals surface area contributed by atoms with E-state index in [-0.39, 0.29) is 0 Å². The minimum absolute atomic E-state index is 0.940. The number of dihydropyridines is 1. The number of rotatable bonds is 1. The molecule has 0 saturated heterocycles. The second-order valence-electron chi connectivity index (χ2n) is 1.88. The lowest BCUT2D eigenvalue weighted by Crippen LogP contribution is -2.44. The number of nitrogens with one attached hydrogen (secondary N) is 1. The Morgan fingerprint density at radius 1 is 1.60 bits per heavy atom. The number of alkyl halides is 1. The van der Waals surface area contributed by atoms with Crippen LogP contribution in [0, 0.1) is 0 Å². The SMILES string of the molecule is O=C(O)C1(F)C=CC=CN1. The number of allylic oxidation sites excluding steroid dienone is 2. The highest BCUT2D eigenvalue weighted by Crippen LogP contribution is 2.11. The molecule has 1 unspecified atom stereocenters. The van der Waals surface area contributed by atoms with Gasteiger partial charge in [0.25, 0.3) is 5.79 Å². The molecule has 1 rings (SSSR count). The molecule has 2 N–H and O–H groups in total. The highest BCUT2D eigenvalue weighted by atomic mass is 19.1. The van der Waals surface area contributed by atoms with Crippen molar-refractivity contribution in [3.8, 4) is 0 Å². The van der Waals surface area contributed by atoms with Gasteiger partial charge in [-0.2, -0.15) is 0 Å². The van der Waals surface area contributed by atoms with Crippen LogP contribution in [0.25, 0.3) is 0 Å². The van der Waals surface area contributed by atoms with Crippen molar-refractivity contribution in [3.63, 3.8) is 0 Å². The summed E-state index contributed by atoms with van der Waals surface area (Å²) in [7, 11) is 0. The molecule has 0 radical (unpaired) electrons. The molecule has 3 nitrogen and oxygen atoms in total. The van der Waals surface area contributed by atoms with Gasteiger partial charge in [0.1, 0.15) is 0 Å². The molecule has 0 aromatic carbocycles. The average Bonchev–Trinajstić information content (AvgIpc) is 1.89. The Hall–Kier alpha value is -1.32. The number of aliphatic carboxylic acids is 1. The van der Waals surface area contributed by atoms with Gasteiger partial charge >= 0.3 is 5.97 Å². The second kappa shape index (κ2) is 2.13. The first-order chi connectivity index (χ1) is 4.65. The summed E-state index contributed by atoms with van der Waals surface area (Å²) in [6.07, 6.45) is 5.04. The van der Waals surface area contributed by atoms with Gasteiger partial charge in [0.2, 0.25) is 0 Å². The molecule has 10 heavy (non-hydrogen) atoms. The van der Waals surface area contributed by atoms with Gasteiger partial charge in [-0.05, 0) is 18.4 Å². The van der Waals surface area contributed by atoms with Crippen LogP contribution in [0.15, 0.2) is 24.4 Å². The second-order valence-corrected chi connectivity index (χ2v) is 1.88. The van der Waals surface area contributed by atoms with Gasteiger partial charge < -0.3 is 10.4 Å². The third-order valence-corrected chi connectivity index (χ3v) is 1.14. The topological polar surface area (TPSA) is 49.3 Å². The van der Waals surface area contributed by atoms with Crippen molar-refractivity contribution in [2.45, 2.75) is 5.79 Å². The molecule has 0 aromatic heterocycles. The number of carboxylic acid groups (broad SMARTS) is 1. The minimum Gasteiger partial charge on any atom is -0.477 e. The van der Waals surface area contributed by atoms with Gasteiger partial charge in [-0.25, -0.2) is 9.18 Å². The summed E-state index contributed by atoms with van der Waals surface area (Å²) in [5.41, 5.74) is 0. The largest absolute Gasteiger partial charge is 0.477 e. The van der Waals surface area contributed by atoms with Gasteiger partial charge in [0, 0.05) is 0 Å². The summed E-state index contributed by atoms with van der Waals surface area (Å²) >= 11 is 0. The summed E-state index contributed by atoms with van der Waals surface area (Å²) in [5, 5.41) is 10.3. The van der Waals surface area contributed by atoms with Crippen molar-refractivity contribution in [1.29, 1.82) is 0 Å². The molecular weight excluding hydrogens is 137 g/mol. The Balaban J connectivity index is 2.80. The predicted molar refractivity (Wildman–Crippen MR) is 32.9 cm³/mol. The van der Waals surface area contributed by atoms with Crippen LogP contribution in [0.3, 0.4) is 0 Å². The number of halogens is 1. The smallest absolute Gasteiger partial charge is 0.366 e. The number of carboxylic acids is 1. The summed E-state index contributed by atoms with van der Waals surface area (Å²) in [5.74, 6) is -3.96. The van der Waals surface area contributed by atoms with Gasteiger partial charge in [-0.15, -0.1) is 0 Å². The highest BCUT2D eigenvalue weighted by Gasteiger charge is 2.35. The van der Waals surface area contributed by atoms with Crippen LogP contribution in [0.4, 0.5) is 4.39 Å². The van der Waals surface area contributed by atoms with E-state index in [9.17, 15) is 9.18 Å². The van der Waals surface area contributed by atoms with Crippen LogP contribution in [0.2, 0.25) is 0 Å². The fraction of sp³-hybridized carbons (Fsp3) is 0.167. The maximum Gasteiger partial charge on any atom is 0.366 e. The van der Waals surface area contributed by atoms with Crippen LogP contribution in [-0.2, 0) is 4.79 Å². The van der Waals surface area contributed by atoms with Crippen LogP contribution < -0.4 is 5.32 Å². The fourth-order valence-electron chi connectivity index (χ4n) is 0.594. The van der Waals surface area contributed by atoms with Crippen molar-refractivity contribution in [2.75, 3.05) is 0 Å². The van der Waals surface area contributed by atoms with Crippen molar-refractivity contribution in [1.82, 2.24) is 5.32 Å². The quantitative estimate of drug-likeness (QED) is 0.522. The molecule has 54 valence electrons. The third-order valence-electron chi connectivity index (χ3n) is 1.14. The first-order valence-electron chi connectivity index (χ1n) is 2.69. The monoisotopic (exact) mass is 143 g/mol. The zero-order chi connectivity index (χ0) is 7.61. The summed E-state index contributed by atoms with van der Waals surface area (Å²) in [4.78, 5) is 10.2. The molecule has 0 saturated carbocycles. The zero-order valence-electron chi connectivity index (χ0n) is 5.04. The number of hydrogen-bond acceptors (Lipinski definition) is 2. The normalized spacial score (nSPS) is 29.7. The lowest BCUT2D eigenvalue weighted by Gasteiger charge is -2.18. The number of carbonyl (C=O) groups is 1. The van der Waals surface area contributed by atoms with Crippen molar-refractivity contribution >= 4 is 5.97 Å². The van der Waals surface area contributed by atoms with Crippen molar-refractivity contribution < 1.29 is 14.3 Å². The van der Waals surface area contributed by atoms with Gasteiger partial charge in [0.05, 0.1) is 0 Å². The predicted octanol–water partition coefficient (Wildman–Crippen LogP) is 0.410. The Morgan fingerprint density at radius 3 is 2.60 bits per heavy atom. The Bertz CT molecular complexity index is 212. The van der Waals surface area contributed by atoms with E-state index in [0.717, 1.165) is 6.08 Å². The highest BCUT2D eigenvalue weighted by molar-refractivity contribution is 5.79. The van der Waals surface area contributed by atoms with E-state index < -0.39 is 11.8 Å². The Labute approximate surface area is 56.9 Å². The van der Waals surface area contributed by atoms with E-state index in [1.165, 1.54) is 18.4 Å².